The topological polar surface area (TPSA) is 38.9 Å². The Morgan fingerprint density at radius 1 is 1.75 bits per heavy atom. The molecule has 0 saturated heterocycles. The molecule has 0 spiro atoms. The molecule has 3 unspecified atom stereocenters. The first-order valence-corrected chi connectivity index (χ1v) is 5.24. The molecule has 1 aromatic heterocycles. The maximum atomic E-state index is 5.81. The summed E-state index contributed by atoms with van der Waals surface area (Å²) in [5, 5.41) is 3.34. The molecule has 2 rings (SSSR count). The summed E-state index contributed by atoms with van der Waals surface area (Å²) in [5.41, 5.74) is 7.07. The summed E-state index contributed by atoms with van der Waals surface area (Å²) in [5.74, 6) is 1.35. The van der Waals surface area contributed by atoms with Crippen LogP contribution < -0.4 is 5.73 Å². The van der Waals surface area contributed by atoms with Crippen molar-refractivity contribution < 1.29 is 0 Å². The van der Waals surface area contributed by atoms with Gasteiger partial charge in [0.05, 0.1) is 10.7 Å². The minimum Gasteiger partial charge on any atom is -0.328 e. The quantitative estimate of drug-likeness (QED) is 0.758. The number of nitrogens with zero attached hydrogens (tertiary/aromatic N) is 1. The lowest BCUT2D eigenvalue weighted by Crippen LogP contribution is -2.17. The molecule has 1 saturated carbocycles. The van der Waals surface area contributed by atoms with Gasteiger partial charge in [0.25, 0.3) is 0 Å². The predicted octanol–water partition coefficient (Wildman–Crippen LogP) is 1.90. The zero-order chi connectivity index (χ0) is 8.72. The van der Waals surface area contributed by atoms with Gasteiger partial charge < -0.3 is 5.73 Å². The molecular formula is C9H14N2S. The number of thiazole rings is 1. The molecular weight excluding hydrogens is 168 g/mol. The van der Waals surface area contributed by atoms with Gasteiger partial charge in [-0.1, -0.05) is 0 Å². The molecule has 1 aromatic rings. The van der Waals surface area contributed by atoms with Gasteiger partial charge in [-0.3, -0.25) is 0 Å². The van der Waals surface area contributed by atoms with Crippen molar-refractivity contribution in [1.82, 2.24) is 4.98 Å². The van der Waals surface area contributed by atoms with Crippen molar-refractivity contribution in [1.29, 1.82) is 0 Å². The lowest BCUT2D eigenvalue weighted by atomic mass is 10.2. The highest BCUT2D eigenvalue weighted by atomic mass is 32.1. The van der Waals surface area contributed by atoms with Gasteiger partial charge >= 0.3 is 0 Å². The molecule has 3 heteroatoms. The van der Waals surface area contributed by atoms with Crippen LogP contribution in [-0.2, 0) is 0 Å². The van der Waals surface area contributed by atoms with E-state index in [1.54, 1.807) is 11.3 Å². The van der Waals surface area contributed by atoms with Gasteiger partial charge in [0.15, 0.2) is 0 Å². The van der Waals surface area contributed by atoms with Gasteiger partial charge in [0, 0.05) is 17.3 Å². The van der Waals surface area contributed by atoms with E-state index >= 15 is 0 Å². The van der Waals surface area contributed by atoms with Crippen molar-refractivity contribution in [2.45, 2.75) is 32.2 Å². The van der Waals surface area contributed by atoms with Crippen LogP contribution in [-0.4, -0.2) is 11.0 Å². The minimum absolute atomic E-state index is 0.331. The molecule has 1 fully saturated rings. The van der Waals surface area contributed by atoms with Gasteiger partial charge in [0.1, 0.15) is 0 Å². The Morgan fingerprint density at radius 2 is 2.50 bits per heavy atom. The van der Waals surface area contributed by atoms with E-state index in [9.17, 15) is 0 Å². The normalized spacial score (nSPS) is 30.2. The lowest BCUT2D eigenvalue weighted by Gasteiger charge is -2.00. The zero-order valence-corrected chi connectivity index (χ0v) is 8.27. The Morgan fingerprint density at radius 3 is 2.92 bits per heavy atom. The monoisotopic (exact) mass is 182 g/mol. The summed E-state index contributed by atoms with van der Waals surface area (Å²) >= 11 is 1.73. The minimum atomic E-state index is 0.331. The Kier molecular flexibility index (Phi) is 1.93. The standard InChI is InChI=1S/C9H14N2S/c1-5(10)7-3-8(7)9-4-12-6(2)11-9/h4-5,7-8H,3,10H2,1-2H3. The smallest absolute Gasteiger partial charge is 0.0897 e. The first kappa shape index (κ1) is 8.20. The first-order chi connectivity index (χ1) is 5.68. The zero-order valence-electron chi connectivity index (χ0n) is 7.45. The number of nitrogens with two attached hydrogens (primary N) is 1. The van der Waals surface area contributed by atoms with Crippen molar-refractivity contribution in [2.75, 3.05) is 0 Å². The fraction of sp³-hybridized carbons (Fsp3) is 0.667. The largest absolute Gasteiger partial charge is 0.328 e. The molecule has 0 aromatic carbocycles. The number of aromatic nitrogens is 1. The van der Waals surface area contributed by atoms with Gasteiger partial charge in [0.2, 0.25) is 0 Å². The highest BCUT2D eigenvalue weighted by Gasteiger charge is 2.41. The van der Waals surface area contributed by atoms with E-state index in [-0.39, 0.29) is 0 Å². The van der Waals surface area contributed by atoms with Crippen molar-refractivity contribution in [3.8, 4) is 0 Å². The van der Waals surface area contributed by atoms with E-state index in [1.807, 2.05) is 0 Å². The van der Waals surface area contributed by atoms with Crippen LogP contribution in [0, 0.1) is 12.8 Å². The maximum absolute atomic E-state index is 5.81. The summed E-state index contributed by atoms with van der Waals surface area (Å²) in [6.07, 6.45) is 1.24. The van der Waals surface area contributed by atoms with Crippen LogP contribution in [0.15, 0.2) is 5.38 Å². The summed E-state index contributed by atoms with van der Waals surface area (Å²) in [4.78, 5) is 4.47. The second-order valence-electron chi connectivity index (χ2n) is 3.66. The van der Waals surface area contributed by atoms with Crippen LogP contribution in [0.3, 0.4) is 0 Å². The predicted molar refractivity (Wildman–Crippen MR) is 51.3 cm³/mol. The average Bonchev–Trinajstić information content (AvgIpc) is 2.70. The Bertz CT molecular complexity index is 280. The summed E-state index contributed by atoms with van der Waals surface area (Å²) in [6.45, 7) is 4.14. The van der Waals surface area contributed by atoms with Crippen LogP contribution in [0.1, 0.15) is 30.0 Å². The summed E-state index contributed by atoms with van der Waals surface area (Å²) in [7, 11) is 0. The molecule has 0 radical (unpaired) electrons. The van der Waals surface area contributed by atoms with Crippen molar-refractivity contribution in [3.63, 3.8) is 0 Å². The van der Waals surface area contributed by atoms with Crippen LogP contribution in [0.2, 0.25) is 0 Å². The molecule has 12 heavy (non-hydrogen) atoms. The van der Waals surface area contributed by atoms with Crippen LogP contribution in [0.5, 0.6) is 0 Å². The van der Waals surface area contributed by atoms with E-state index in [4.69, 9.17) is 5.73 Å². The third-order valence-electron chi connectivity index (χ3n) is 2.53. The molecule has 1 aliphatic rings. The van der Waals surface area contributed by atoms with Crippen LogP contribution >= 0.6 is 11.3 Å². The molecule has 1 aliphatic carbocycles. The molecule has 3 atom stereocenters. The molecule has 0 amide bonds. The van der Waals surface area contributed by atoms with Crippen LogP contribution in [0.4, 0.5) is 0 Å². The number of aryl methyl sites for hydroxylation is 1. The molecule has 2 N–H and O–H groups in total. The molecule has 0 aliphatic heterocycles. The van der Waals surface area contributed by atoms with Crippen molar-refractivity contribution in [3.05, 3.63) is 16.1 Å². The molecule has 0 bridgehead atoms. The first-order valence-electron chi connectivity index (χ1n) is 4.36. The second kappa shape index (κ2) is 2.82. The molecule has 1 heterocycles. The lowest BCUT2D eigenvalue weighted by molar-refractivity contribution is 0.628. The van der Waals surface area contributed by atoms with E-state index in [1.165, 1.54) is 17.1 Å². The van der Waals surface area contributed by atoms with E-state index in [0.29, 0.717) is 17.9 Å². The Balaban J connectivity index is 2.05. The highest BCUT2D eigenvalue weighted by molar-refractivity contribution is 7.09. The Hall–Kier alpha value is -0.410. The number of hydrogen-bond acceptors (Lipinski definition) is 3. The van der Waals surface area contributed by atoms with Gasteiger partial charge in [-0.25, -0.2) is 4.98 Å². The average molecular weight is 182 g/mol. The Labute approximate surface area is 76.8 Å². The molecule has 66 valence electrons. The second-order valence-corrected chi connectivity index (χ2v) is 4.72. The van der Waals surface area contributed by atoms with Gasteiger partial charge in [-0.2, -0.15) is 0 Å². The van der Waals surface area contributed by atoms with E-state index in [0.717, 1.165) is 0 Å². The van der Waals surface area contributed by atoms with Crippen LogP contribution in [0.25, 0.3) is 0 Å². The summed E-state index contributed by atoms with van der Waals surface area (Å²) < 4.78 is 0. The number of rotatable bonds is 2. The third kappa shape index (κ3) is 1.39. The maximum Gasteiger partial charge on any atom is 0.0897 e. The van der Waals surface area contributed by atoms with Gasteiger partial charge in [-0.05, 0) is 26.2 Å². The highest BCUT2D eigenvalue weighted by Crippen LogP contribution is 2.48. The van der Waals surface area contributed by atoms with Crippen molar-refractivity contribution >= 4 is 11.3 Å². The SMILES string of the molecule is Cc1nc(C2CC2C(C)N)cs1. The fourth-order valence-corrected chi connectivity index (χ4v) is 2.36. The molecule has 2 nitrogen and oxygen atoms in total. The fourth-order valence-electron chi connectivity index (χ4n) is 1.69. The number of hydrogen-bond donors (Lipinski definition) is 1. The van der Waals surface area contributed by atoms with Gasteiger partial charge in [-0.15, -0.1) is 11.3 Å². The van der Waals surface area contributed by atoms with Crippen molar-refractivity contribution in [2.24, 2.45) is 11.7 Å². The summed E-state index contributed by atoms with van der Waals surface area (Å²) in [6, 6.07) is 0.331. The third-order valence-corrected chi connectivity index (χ3v) is 3.32. The van der Waals surface area contributed by atoms with E-state index < -0.39 is 0 Å². The van der Waals surface area contributed by atoms with E-state index in [2.05, 4.69) is 24.2 Å².